The fourth-order valence-corrected chi connectivity index (χ4v) is 2.55. The van der Waals surface area contributed by atoms with Crippen LogP contribution in [0.15, 0.2) is 48.5 Å². The summed E-state index contributed by atoms with van der Waals surface area (Å²) < 4.78 is 18.4. The average molecular weight is 372 g/mol. The summed E-state index contributed by atoms with van der Waals surface area (Å²) in [6.07, 6.45) is 0. The molecule has 144 valence electrons. The topological polar surface area (TPSA) is 58.6 Å². The third-order valence-corrected chi connectivity index (χ3v) is 4.17. The maximum Gasteiger partial charge on any atom is 0.261 e. The maximum atomic E-state index is 13.0. The fourth-order valence-electron chi connectivity index (χ4n) is 2.55. The molecule has 0 aliphatic heterocycles. The molecule has 27 heavy (non-hydrogen) atoms. The molecule has 0 saturated heterocycles. The van der Waals surface area contributed by atoms with E-state index in [1.807, 2.05) is 38.1 Å². The number of aryl methyl sites for hydroxylation is 1. The summed E-state index contributed by atoms with van der Waals surface area (Å²) in [7, 11) is 0. The Morgan fingerprint density at radius 3 is 2.33 bits per heavy atom. The van der Waals surface area contributed by atoms with Crippen molar-refractivity contribution < 1.29 is 18.7 Å². The molecule has 0 radical (unpaired) electrons. The quantitative estimate of drug-likeness (QED) is 0.775. The fraction of sp³-hybridized carbons (Fsp3) is 0.333. The number of ether oxygens (including phenoxy) is 1. The molecule has 0 unspecified atom stereocenters. The SMILES string of the molecule is CCNC(=O)[C@@H](C)N(Cc1ccc(C)cc1)C(=O)COc1ccc(F)cc1. The first-order valence-electron chi connectivity index (χ1n) is 8.91. The van der Waals surface area contributed by atoms with E-state index in [0.29, 0.717) is 18.8 Å². The molecule has 2 amide bonds. The van der Waals surface area contributed by atoms with Crippen molar-refractivity contribution in [3.8, 4) is 5.75 Å². The van der Waals surface area contributed by atoms with Gasteiger partial charge in [-0.2, -0.15) is 0 Å². The molecule has 0 aliphatic carbocycles. The Morgan fingerprint density at radius 2 is 1.74 bits per heavy atom. The lowest BCUT2D eigenvalue weighted by molar-refractivity contribution is -0.142. The van der Waals surface area contributed by atoms with Crippen molar-refractivity contribution in [2.75, 3.05) is 13.2 Å². The number of hydrogen-bond donors (Lipinski definition) is 1. The Labute approximate surface area is 159 Å². The monoisotopic (exact) mass is 372 g/mol. The van der Waals surface area contributed by atoms with Crippen LogP contribution in [0.2, 0.25) is 0 Å². The molecule has 2 aromatic carbocycles. The minimum absolute atomic E-state index is 0.222. The van der Waals surface area contributed by atoms with Gasteiger partial charge >= 0.3 is 0 Å². The van der Waals surface area contributed by atoms with Crippen LogP contribution in [-0.2, 0) is 16.1 Å². The van der Waals surface area contributed by atoms with E-state index in [2.05, 4.69) is 5.32 Å². The van der Waals surface area contributed by atoms with Gasteiger partial charge in [-0.05, 0) is 50.6 Å². The lowest BCUT2D eigenvalue weighted by Crippen LogP contribution is -2.49. The summed E-state index contributed by atoms with van der Waals surface area (Å²) in [5, 5.41) is 2.74. The Morgan fingerprint density at radius 1 is 1.11 bits per heavy atom. The Bertz CT molecular complexity index is 760. The highest BCUT2D eigenvalue weighted by molar-refractivity contribution is 5.87. The number of amides is 2. The maximum absolute atomic E-state index is 13.0. The van der Waals surface area contributed by atoms with Crippen LogP contribution in [0.25, 0.3) is 0 Å². The summed E-state index contributed by atoms with van der Waals surface area (Å²) in [5.41, 5.74) is 2.04. The number of nitrogens with one attached hydrogen (secondary N) is 1. The normalized spacial score (nSPS) is 11.6. The van der Waals surface area contributed by atoms with Gasteiger partial charge in [-0.25, -0.2) is 4.39 Å². The van der Waals surface area contributed by atoms with Crippen molar-refractivity contribution in [3.05, 3.63) is 65.5 Å². The van der Waals surface area contributed by atoms with Gasteiger partial charge in [-0.15, -0.1) is 0 Å². The van der Waals surface area contributed by atoms with Gasteiger partial charge in [-0.1, -0.05) is 29.8 Å². The van der Waals surface area contributed by atoms with Crippen LogP contribution in [-0.4, -0.2) is 35.9 Å². The zero-order chi connectivity index (χ0) is 19.8. The highest BCUT2D eigenvalue weighted by Crippen LogP contribution is 2.14. The summed E-state index contributed by atoms with van der Waals surface area (Å²) >= 11 is 0. The molecule has 1 N–H and O–H groups in total. The van der Waals surface area contributed by atoms with Crippen molar-refractivity contribution in [2.24, 2.45) is 0 Å². The Hall–Kier alpha value is -2.89. The van der Waals surface area contributed by atoms with E-state index >= 15 is 0 Å². The van der Waals surface area contributed by atoms with Gasteiger partial charge < -0.3 is 15.0 Å². The first-order chi connectivity index (χ1) is 12.9. The van der Waals surface area contributed by atoms with Gasteiger partial charge in [0, 0.05) is 13.1 Å². The second kappa shape index (κ2) is 9.71. The standard InChI is InChI=1S/C21H25FN2O3/c1-4-23-21(26)16(3)24(13-17-7-5-15(2)6-8-17)20(25)14-27-19-11-9-18(22)10-12-19/h5-12,16H,4,13-14H2,1-3H3,(H,23,26)/t16-/m1/s1. The van der Waals surface area contributed by atoms with E-state index in [0.717, 1.165) is 11.1 Å². The summed E-state index contributed by atoms with van der Waals surface area (Å²) in [6, 6.07) is 12.6. The van der Waals surface area contributed by atoms with Crippen molar-refractivity contribution >= 4 is 11.8 Å². The van der Waals surface area contributed by atoms with Crippen molar-refractivity contribution in [1.82, 2.24) is 10.2 Å². The molecule has 0 aliphatic rings. The molecule has 0 spiro atoms. The van der Waals surface area contributed by atoms with Crippen molar-refractivity contribution in [1.29, 1.82) is 0 Å². The average Bonchev–Trinajstić information content (AvgIpc) is 2.66. The summed E-state index contributed by atoms with van der Waals surface area (Å²) in [6.45, 7) is 6.05. The molecule has 0 aromatic heterocycles. The highest BCUT2D eigenvalue weighted by Gasteiger charge is 2.26. The van der Waals surface area contributed by atoms with Crippen LogP contribution in [0.1, 0.15) is 25.0 Å². The number of nitrogens with zero attached hydrogens (tertiary/aromatic N) is 1. The molecule has 2 aromatic rings. The lowest BCUT2D eigenvalue weighted by Gasteiger charge is -2.28. The van der Waals surface area contributed by atoms with Crippen LogP contribution in [0, 0.1) is 12.7 Å². The predicted molar refractivity (Wildman–Crippen MR) is 102 cm³/mol. The third-order valence-electron chi connectivity index (χ3n) is 4.17. The Balaban J connectivity index is 2.11. The van der Waals surface area contributed by atoms with E-state index in [1.54, 1.807) is 6.92 Å². The molecule has 0 heterocycles. The first kappa shape index (κ1) is 20.4. The number of carbonyl (C=O) groups is 2. The molecule has 2 rings (SSSR count). The minimum Gasteiger partial charge on any atom is -0.484 e. The van der Waals surface area contributed by atoms with Gasteiger partial charge in [0.2, 0.25) is 5.91 Å². The number of benzene rings is 2. The molecule has 0 fully saturated rings. The second-order valence-electron chi connectivity index (χ2n) is 6.32. The van der Waals surface area contributed by atoms with Gasteiger partial charge in [0.05, 0.1) is 0 Å². The van der Waals surface area contributed by atoms with Crippen LogP contribution in [0.4, 0.5) is 4.39 Å². The van der Waals surface area contributed by atoms with Crippen LogP contribution >= 0.6 is 0 Å². The van der Waals surface area contributed by atoms with Crippen LogP contribution in [0.3, 0.4) is 0 Å². The van der Waals surface area contributed by atoms with Crippen LogP contribution in [0.5, 0.6) is 5.75 Å². The molecule has 5 nitrogen and oxygen atoms in total. The molecule has 1 atom stereocenters. The van der Waals surface area contributed by atoms with Crippen molar-refractivity contribution in [3.63, 3.8) is 0 Å². The minimum atomic E-state index is -0.643. The first-order valence-corrected chi connectivity index (χ1v) is 8.91. The number of hydrogen-bond acceptors (Lipinski definition) is 3. The molecule has 6 heteroatoms. The van der Waals surface area contributed by atoms with Gasteiger partial charge in [0.25, 0.3) is 5.91 Å². The number of halogens is 1. The third kappa shape index (κ3) is 6.09. The second-order valence-corrected chi connectivity index (χ2v) is 6.32. The highest BCUT2D eigenvalue weighted by atomic mass is 19.1. The predicted octanol–water partition coefficient (Wildman–Crippen LogP) is 3.07. The molecular formula is C21H25FN2O3. The van der Waals surface area contributed by atoms with E-state index in [1.165, 1.54) is 29.2 Å². The molecule has 0 bridgehead atoms. The van der Waals surface area contributed by atoms with Crippen molar-refractivity contribution in [2.45, 2.75) is 33.4 Å². The summed E-state index contributed by atoms with van der Waals surface area (Å²) in [4.78, 5) is 26.5. The number of carbonyl (C=O) groups excluding carboxylic acids is 2. The van der Waals surface area contributed by atoms with E-state index in [-0.39, 0.29) is 24.2 Å². The number of rotatable bonds is 8. The smallest absolute Gasteiger partial charge is 0.261 e. The molecular weight excluding hydrogens is 347 g/mol. The van der Waals surface area contributed by atoms with Crippen LogP contribution < -0.4 is 10.1 Å². The van der Waals surface area contributed by atoms with Gasteiger partial charge in [0.15, 0.2) is 6.61 Å². The number of likely N-dealkylation sites (N-methyl/N-ethyl adjacent to an activating group) is 1. The molecule has 0 saturated carbocycles. The van der Waals surface area contributed by atoms with Gasteiger partial charge in [0.1, 0.15) is 17.6 Å². The van der Waals surface area contributed by atoms with E-state index < -0.39 is 6.04 Å². The summed E-state index contributed by atoms with van der Waals surface area (Å²) in [5.74, 6) is -0.524. The largest absolute Gasteiger partial charge is 0.484 e. The van der Waals surface area contributed by atoms with E-state index in [9.17, 15) is 14.0 Å². The lowest BCUT2D eigenvalue weighted by atomic mass is 10.1. The van der Waals surface area contributed by atoms with E-state index in [4.69, 9.17) is 4.74 Å². The zero-order valence-electron chi connectivity index (χ0n) is 15.9. The zero-order valence-corrected chi connectivity index (χ0v) is 15.9. The van der Waals surface area contributed by atoms with Gasteiger partial charge in [-0.3, -0.25) is 9.59 Å². The Kier molecular flexibility index (Phi) is 7.34.